The molecule has 0 bridgehead atoms. The molecule has 5 nitrogen and oxygen atoms in total. The minimum atomic E-state index is -0.567. The van der Waals surface area contributed by atoms with Crippen LogP contribution in [0.2, 0.25) is 0 Å². The van der Waals surface area contributed by atoms with Crippen LogP contribution in [0.25, 0.3) is 0 Å². The number of rotatable bonds is 2. The van der Waals surface area contributed by atoms with E-state index < -0.39 is 11.0 Å². The van der Waals surface area contributed by atoms with Crippen LogP contribution in [0, 0.1) is 17.8 Å². The fraction of sp³-hybridized carbons (Fsp3) is 0.765. The molecule has 0 aliphatic carbocycles. The maximum atomic E-state index is 12.6. The van der Waals surface area contributed by atoms with Gasteiger partial charge in [-0.15, -0.1) is 12.3 Å². The summed E-state index contributed by atoms with van der Waals surface area (Å²) in [5.74, 6) is 2.60. The molecule has 0 unspecified atom stereocenters. The van der Waals surface area contributed by atoms with E-state index in [2.05, 4.69) is 5.92 Å². The number of hydrogen-bond donors (Lipinski definition) is 0. The van der Waals surface area contributed by atoms with Gasteiger partial charge in [0.25, 0.3) is 0 Å². The van der Waals surface area contributed by atoms with E-state index in [-0.39, 0.29) is 18.0 Å². The molecule has 1 rings (SSSR count). The third-order valence-corrected chi connectivity index (χ3v) is 3.67. The summed E-state index contributed by atoms with van der Waals surface area (Å²) in [4.78, 5) is 28.2. The van der Waals surface area contributed by atoms with E-state index in [1.54, 1.807) is 9.80 Å². The van der Waals surface area contributed by atoms with Crippen molar-refractivity contribution in [3.05, 3.63) is 0 Å². The highest BCUT2D eigenvalue weighted by molar-refractivity contribution is 5.82. The average Bonchev–Trinajstić information content (AvgIpc) is 2.35. The number of piperazine rings is 1. The van der Waals surface area contributed by atoms with Gasteiger partial charge in [0, 0.05) is 32.1 Å². The quantitative estimate of drug-likeness (QED) is 0.737. The largest absolute Gasteiger partial charge is 0.444 e. The Bertz CT molecular complexity index is 471. The highest BCUT2D eigenvalue weighted by atomic mass is 16.6. The summed E-state index contributed by atoms with van der Waals surface area (Å²) < 4.78 is 5.41. The molecular weight excluding hydrogens is 280 g/mol. The molecule has 22 heavy (non-hydrogen) atoms. The van der Waals surface area contributed by atoms with Crippen LogP contribution in [0.5, 0.6) is 0 Å². The van der Waals surface area contributed by atoms with Crippen molar-refractivity contribution in [3.8, 4) is 12.3 Å². The molecule has 2 amide bonds. The van der Waals surface area contributed by atoms with Gasteiger partial charge in [-0.05, 0) is 27.7 Å². The van der Waals surface area contributed by atoms with Crippen molar-refractivity contribution in [1.82, 2.24) is 9.80 Å². The van der Waals surface area contributed by atoms with Gasteiger partial charge in [0.05, 0.1) is 5.41 Å². The van der Waals surface area contributed by atoms with E-state index in [0.717, 1.165) is 0 Å². The molecule has 0 spiro atoms. The van der Waals surface area contributed by atoms with E-state index in [1.807, 2.05) is 41.5 Å². The van der Waals surface area contributed by atoms with Gasteiger partial charge in [0.2, 0.25) is 5.91 Å². The van der Waals surface area contributed by atoms with Crippen LogP contribution in [-0.4, -0.2) is 53.1 Å². The molecule has 0 aromatic rings. The molecule has 124 valence electrons. The van der Waals surface area contributed by atoms with E-state index in [0.29, 0.717) is 26.1 Å². The Kier molecular flexibility index (Phi) is 5.50. The summed E-state index contributed by atoms with van der Waals surface area (Å²) in [5.41, 5.74) is -1.08. The molecule has 0 radical (unpaired) electrons. The van der Waals surface area contributed by atoms with E-state index >= 15 is 0 Å². The highest BCUT2D eigenvalue weighted by Crippen LogP contribution is 2.25. The second kappa shape index (κ2) is 6.60. The van der Waals surface area contributed by atoms with Crippen molar-refractivity contribution in [1.29, 1.82) is 0 Å². The lowest BCUT2D eigenvalue weighted by molar-refractivity contribution is -0.143. The van der Waals surface area contributed by atoms with Crippen molar-refractivity contribution in [2.75, 3.05) is 19.6 Å². The minimum Gasteiger partial charge on any atom is -0.444 e. The molecule has 1 fully saturated rings. The van der Waals surface area contributed by atoms with Crippen molar-refractivity contribution >= 4 is 12.0 Å². The first kappa shape index (κ1) is 18.3. The monoisotopic (exact) mass is 308 g/mol. The van der Waals surface area contributed by atoms with Crippen molar-refractivity contribution in [3.63, 3.8) is 0 Å². The van der Waals surface area contributed by atoms with E-state index in [1.165, 1.54) is 0 Å². The van der Waals surface area contributed by atoms with Crippen LogP contribution in [0.1, 0.15) is 48.0 Å². The van der Waals surface area contributed by atoms with Crippen LogP contribution >= 0.6 is 0 Å². The number of terminal acetylenes is 1. The average molecular weight is 308 g/mol. The van der Waals surface area contributed by atoms with Crippen molar-refractivity contribution in [2.24, 2.45) is 5.41 Å². The Morgan fingerprint density at radius 3 is 2.27 bits per heavy atom. The highest BCUT2D eigenvalue weighted by Gasteiger charge is 2.37. The summed E-state index contributed by atoms with van der Waals surface area (Å²) in [6.45, 7) is 12.7. The van der Waals surface area contributed by atoms with Crippen molar-refractivity contribution in [2.45, 2.75) is 59.6 Å². The first-order valence-corrected chi connectivity index (χ1v) is 7.70. The number of carbonyl (C=O) groups excluding carboxylic acids is 2. The van der Waals surface area contributed by atoms with Crippen LogP contribution in [0.4, 0.5) is 4.79 Å². The minimum absolute atomic E-state index is 0.0427. The zero-order valence-corrected chi connectivity index (χ0v) is 14.6. The second-order valence-corrected chi connectivity index (χ2v) is 7.54. The Hall–Kier alpha value is -1.70. The number of amides is 2. The number of hydrogen-bond acceptors (Lipinski definition) is 3. The third-order valence-electron chi connectivity index (χ3n) is 3.67. The number of carbonyl (C=O) groups is 2. The SMILES string of the molecule is C#CCC(C)(C)C(=O)N1CCN(C(=O)OC(C)(C)C)[C@H](C)C1. The van der Waals surface area contributed by atoms with Gasteiger partial charge in [0.1, 0.15) is 5.60 Å². The third kappa shape index (κ3) is 4.66. The zero-order chi connectivity index (χ0) is 17.1. The molecule has 1 atom stereocenters. The molecule has 1 aliphatic heterocycles. The Labute approximate surface area is 134 Å². The van der Waals surface area contributed by atoms with Crippen LogP contribution in [0.15, 0.2) is 0 Å². The van der Waals surface area contributed by atoms with E-state index in [9.17, 15) is 9.59 Å². The second-order valence-electron chi connectivity index (χ2n) is 7.54. The van der Waals surface area contributed by atoms with Gasteiger partial charge in [-0.2, -0.15) is 0 Å². The lowest BCUT2D eigenvalue weighted by atomic mass is 9.87. The van der Waals surface area contributed by atoms with Gasteiger partial charge in [-0.25, -0.2) is 4.79 Å². The molecule has 0 N–H and O–H groups in total. The summed E-state index contributed by atoms with van der Waals surface area (Å²) in [5, 5.41) is 0. The number of ether oxygens (including phenoxy) is 1. The van der Waals surface area contributed by atoms with Gasteiger partial charge in [-0.1, -0.05) is 13.8 Å². The molecule has 1 saturated heterocycles. The van der Waals surface area contributed by atoms with Crippen LogP contribution in [-0.2, 0) is 9.53 Å². The Morgan fingerprint density at radius 2 is 1.82 bits per heavy atom. The van der Waals surface area contributed by atoms with Crippen LogP contribution < -0.4 is 0 Å². The predicted molar refractivity (Wildman–Crippen MR) is 86.2 cm³/mol. The summed E-state index contributed by atoms with van der Waals surface area (Å²) in [7, 11) is 0. The molecular formula is C17H28N2O3. The lowest BCUT2D eigenvalue weighted by Crippen LogP contribution is -2.58. The standard InChI is InChI=1S/C17H28N2O3/c1-8-9-17(6,7)14(20)18-10-11-19(13(2)12-18)15(21)22-16(3,4)5/h1,13H,9-12H2,2-7H3/t13-/m1/s1. The fourth-order valence-corrected chi connectivity index (χ4v) is 2.49. The summed E-state index contributed by atoms with van der Waals surface area (Å²) >= 11 is 0. The molecule has 0 aromatic carbocycles. The lowest BCUT2D eigenvalue weighted by Gasteiger charge is -2.42. The molecule has 0 saturated carbocycles. The first-order valence-electron chi connectivity index (χ1n) is 7.70. The summed E-state index contributed by atoms with van der Waals surface area (Å²) in [6, 6.07) is -0.0748. The summed E-state index contributed by atoms with van der Waals surface area (Å²) in [6.07, 6.45) is 5.42. The maximum absolute atomic E-state index is 12.6. The maximum Gasteiger partial charge on any atom is 0.410 e. The van der Waals surface area contributed by atoms with Gasteiger partial charge in [-0.3, -0.25) is 4.79 Å². The first-order chi connectivity index (χ1) is 9.98. The molecule has 1 heterocycles. The smallest absolute Gasteiger partial charge is 0.410 e. The molecule has 0 aromatic heterocycles. The van der Waals surface area contributed by atoms with Crippen molar-refractivity contribution < 1.29 is 14.3 Å². The van der Waals surface area contributed by atoms with Gasteiger partial charge < -0.3 is 14.5 Å². The predicted octanol–water partition coefficient (Wildman–Crippen LogP) is 2.50. The molecule has 5 heteroatoms. The topological polar surface area (TPSA) is 49.9 Å². The van der Waals surface area contributed by atoms with E-state index in [4.69, 9.17) is 11.2 Å². The van der Waals surface area contributed by atoms with Gasteiger partial charge in [0.15, 0.2) is 0 Å². The van der Waals surface area contributed by atoms with Gasteiger partial charge >= 0.3 is 6.09 Å². The van der Waals surface area contributed by atoms with Crippen LogP contribution in [0.3, 0.4) is 0 Å². The normalized spacial score (nSPS) is 19.6. The fourth-order valence-electron chi connectivity index (χ4n) is 2.49. The zero-order valence-electron chi connectivity index (χ0n) is 14.6. The molecule has 1 aliphatic rings. The number of nitrogens with zero attached hydrogens (tertiary/aromatic N) is 2. The Balaban J connectivity index is 2.69. The Morgan fingerprint density at radius 1 is 1.23 bits per heavy atom.